The van der Waals surface area contributed by atoms with E-state index in [4.69, 9.17) is 9.84 Å². The molecule has 0 aliphatic rings. The number of rotatable bonds is 8. The molecule has 1 rings (SSSR count). The Morgan fingerprint density at radius 2 is 2.00 bits per heavy atom. The summed E-state index contributed by atoms with van der Waals surface area (Å²) in [7, 11) is -2.36. The molecule has 1 aromatic carbocycles. The quantitative estimate of drug-likeness (QED) is 0.629. The molecule has 0 aliphatic carbocycles. The van der Waals surface area contributed by atoms with E-state index in [1.807, 2.05) is 4.72 Å². The summed E-state index contributed by atoms with van der Waals surface area (Å²) in [5.74, 6) is -2.66. The van der Waals surface area contributed by atoms with Crippen LogP contribution in [0.3, 0.4) is 0 Å². The number of hydrogen-bond donors (Lipinski definition) is 3. The zero-order valence-corrected chi connectivity index (χ0v) is 14.2. The number of hydrogen-bond acceptors (Lipinski definition) is 5. The van der Waals surface area contributed by atoms with Crippen LogP contribution in [0.25, 0.3) is 0 Å². The molecule has 0 radical (unpaired) electrons. The van der Waals surface area contributed by atoms with Gasteiger partial charge in [0.1, 0.15) is 5.82 Å². The molecule has 1 aromatic rings. The van der Waals surface area contributed by atoms with Crippen molar-refractivity contribution in [2.24, 2.45) is 0 Å². The summed E-state index contributed by atoms with van der Waals surface area (Å²) in [5.41, 5.74) is -1.59. The van der Waals surface area contributed by atoms with E-state index in [0.717, 1.165) is 24.5 Å². The minimum Gasteiger partial charge on any atom is -0.481 e. The van der Waals surface area contributed by atoms with Gasteiger partial charge in [-0.3, -0.25) is 14.3 Å². The number of carbonyl (C=O) groups excluding carboxylic acids is 1. The maximum Gasteiger partial charge on any atom is 0.305 e. The first kappa shape index (κ1) is 19.8. The second-order valence-electron chi connectivity index (χ2n) is 5.59. The van der Waals surface area contributed by atoms with Crippen molar-refractivity contribution in [3.05, 3.63) is 29.6 Å². The van der Waals surface area contributed by atoms with Gasteiger partial charge in [0.2, 0.25) is 10.0 Å². The number of halogens is 1. The molecule has 0 aromatic heterocycles. The Bertz CT molecular complexity index is 737. The molecular formula is C14H19FN2O6S. The van der Waals surface area contributed by atoms with E-state index in [9.17, 15) is 22.4 Å². The summed E-state index contributed by atoms with van der Waals surface area (Å²) in [6.45, 7) is 1.43. The fraction of sp³-hybridized carbons (Fsp3) is 0.429. The number of ether oxygens (including phenoxy) is 1. The number of amides is 1. The minimum absolute atomic E-state index is 0.0322. The van der Waals surface area contributed by atoms with Crippen molar-refractivity contribution in [1.29, 1.82) is 0 Å². The highest BCUT2D eigenvalue weighted by Crippen LogP contribution is 2.19. The van der Waals surface area contributed by atoms with Gasteiger partial charge in [0, 0.05) is 12.7 Å². The largest absolute Gasteiger partial charge is 0.481 e. The summed E-state index contributed by atoms with van der Waals surface area (Å²) < 4.78 is 42.9. The molecule has 0 fully saturated rings. The van der Waals surface area contributed by atoms with Crippen molar-refractivity contribution in [1.82, 2.24) is 5.32 Å². The lowest BCUT2D eigenvalue weighted by Gasteiger charge is -2.28. The van der Waals surface area contributed by atoms with E-state index >= 15 is 0 Å². The van der Waals surface area contributed by atoms with E-state index in [1.165, 1.54) is 14.0 Å². The van der Waals surface area contributed by atoms with Gasteiger partial charge >= 0.3 is 5.97 Å². The number of benzene rings is 1. The van der Waals surface area contributed by atoms with Crippen molar-refractivity contribution in [3.63, 3.8) is 0 Å². The first-order chi connectivity index (χ1) is 11.0. The predicted octanol–water partition coefficient (Wildman–Crippen LogP) is 0.807. The summed E-state index contributed by atoms with van der Waals surface area (Å²) >= 11 is 0. The van der Waals surface area contributed by atoms with Crippen LogP contribution in [0.15, 0.2) is 18.2 Å². The van der Waals surface area contributed by atoms with Crippen LogP contribution in [0.2, 0.25) is 0 Å². The third-order valence-corrected chi connectivity index (χ3v) is 3.53. The van der Waals surface area contributed by atoms with Gasteiger partial charge in [-0.15, -0.1) is 0 Å². The average Bonchev–Trinajstić information content (AvgIpc) is 2.38. The summed E-state index contributed by atoms with van der Waals surface area (Å²) in [5, 5.41) is 11.4. The first-order valence-electron chi connectivity index (χ1n) is 6.76. The third-order valence-electron chi connectivity index (χ3n) is 2.94. The molecule has 0 aliphatic heterocycles. The van der Waals surface area contributed by atoms with Gasteiger partial charge in [-0.25, -0.2) is 12.8 Å². The summed E-state index contributed by atoms with van der Waals surface area (Å²) in [4.78, 5) is 23.2. The van der Waals surface area contributed by atoms with Gasteiger partial charge in [0.05, 0.1) is 30.5 Å². The lowest BCUT2D eigenvalue weighted by atomic mass is 9.98. The molecule has 134 valence electrons. The van der Waals surface area contributed by atoms with Gasteiger partial charge in [-0.2, -0.15) is 0 Å². The maximum absolute atomic E-state index is 13.6. The second-order valence-corrected chi connectivity index (χ2v) is 7.34. The third kappa shape index (κ3) is 6.13. The average molecular weight is 362 g/mol. The van der Waals surface area contributed by atoms with Crippen LogP contribution in [-0.2, 0) is 19.6 Å². The monoisotopic (exact) mass is 362 g/mol. The zero-order chi connectivity index (χ0) is 18.5. The molecular weight excluding hydrogens is 343 g/mol. The van der Waals surface area contributed by atoms with E-state index in [2.05, 4.69) is 5.32 Å². The first-order valence-corrected chi connectivity index (χ1v) is 8.65. The number of carbonyl (C=O) groups is 2. The number of carboxylic acids is 1. The Balaban J connectivity index is 3.06. The molecule has 1 atom stereocenters. The molecule has 0 heterocycles. The fourth-order valence-corrected chi connectivity index (χ4v) is 2.63. The zero-order valence-electron chi connectivity index (χ0n) is 13.4. The van der Waals surface area contributed by atoms with Crippen LogP contribution in [0, 0.1) is 5.82 Å². The Hall–Kier alpha value is -2.20. The lowest BCUT2D eigenvalue weighted by molar-refractivity contribution is -0.139. The Morgan fingerprint density at radius 3 is 2.50 bits per heavy atom. The minimum atomic E-state index is -3.72. The smallest absolute Gasteiger partial charge is 0.305 e. The number of sulfonamides is 1. The molecule has 0 saturated carbocycles. The van der Waals surface area contributed by atoms with Crippen LogP contribution >= 0.6 is 0 Å². The second kappa shape index (κ2) is 7.58. The van der Waals surface area contributed by atoms with E-state index in [0.29, 0.717) is 0 Å². The molecule has 10 heteroatoms. The van der Waals surface area contributed by atoms with Crippen LogP contribution in [0.5, 0.6) is 0 Å². The van der Waals surface area contributed by atoms with Gasteiger partial charge in [-0.1, -0.05) is 0 Å². The van der Waals surface area contributed by atoms with Crippen LogP contribution in [0.1, 0.15) is 23.7 Å². The normalized spacial score (nSPS) is 13.8. The van der Waals surface area contributed by atoms with Crippen molar-refractivity contribution in [2.45, 2.75) is 18.9 Å². The van der Waals surface area contributed by atoms with Gasteiger partial charge in [-0.05, 0) is 25.1 Å². The fourth-order valence-electron chi connectivity index (χ4n) is 2.07. The molecule has 0 saturated heterocycles. The maximum atomic E-state index is 13.6. The number of carboxylic acid groups (broad SMARTS) is 1. The molecule has 1 unspecified atom stereocenters. The predicted molar refractivity (Wildman–Crippen MR) is 84.9 cm³/mol. The van der Waals surface area contributed by atoms with Crippen LogP contribution in [0.4, 0.5) is 10.1 Å². The van der Waals surface area contributed by atoms with Crippen molar-refractivity contribution in [2.75, 3.05) is 24.7 Å². The van der Waals surface area contributed by atoms with Crippen LogP contribution in [-0.4, -0.2) is 50.9 Å². The number of methoxy groups -OCH3 is 1. The van der Waals surface area contributed by atoms with Crippen molar-refractivity contribution in [3.8, 4) is 0 Å². The van der Waals surface area contributed by atoms with E-state index < -0.39 is 33.3 Å². The highest BCUT2D eigenvalue weighted by molar-refractivity contribution is 7.92. The van der Waals surface area contributed by atoms with E-state index in [1.54, 1.807) is 0 Å². The Kier molecular flexibility index (Phi) is 6.27. The summed E-state index contributed by atoms with van der Waals surface area (Å²) in [6, 6.07) is 3.12. The topological polar surface area (TPSA) is 122 Å². The molecule has 1 amide bonds. The van der Waals surface area contributed by atoms with Crippen molar-refractivity contribution < 1.29 is 32.2 Å². The number of aliphatic carboxylic acids is 1. The standard InChI is InChI=1S/C14H19FN2O6S/c1-14(8-23-2,7-12(18)19)16-13(20)9-4-5-10(15)11(6-9)17-24(3,21)22/h4-6,17H,7-8H2,1-3H3,(H,16,20)(H,18,19). The number of nitrogens with one attached hydrogen (secondary N) is 2. The molecule has 3 N–H and O–H groups in total. The van der Waals surface area contributed by atoms with Crippen LogP contribution < -0.4 is 10.0 Å². The van der Waals surface area contributed by atoms with Crippen molar-refractivity contribution >= 4 is 27.6 Å². The Morgan fingerprint density at radius 1 is 1.38 bits per heavy atom. The SMILES string of the molecule is COCC(C)(CC(=O)O)NC(=O)c1ccc(F)c(NS(C)(=O)=O)c1. The lowest BCUT2D eigenvalue weighted by Crippen LogP contribution is -2.50. The molecule has 8 nitrogen and oxygen atoms in total. The van der Waals surface area contributed by atoms with E-state index in [-0.39, 0.29) is 24.3 Å². The van der Waals surface area contributed by atoms with Gasteiger partial charge in [0.15, 0.2) is 0 Å². The highest BCUT2D eigenvalue weighted by atomic mass is 32.2. The van der Waals surface area contributed by atoms with Gasteiger partial charge < -0.3 is 15.2 Å². The number of anilines is 1. The summed E-state index contributed by atoms with van der Waals surface area (Å²) in [6.07, 6.45) is 0.462. The Labute approximate surface area is 139 Å². The molecule has 0 spiro atoms. The molecule has 0 bridgehead atoms. The van der Waals surface area contributed by atoms with Gasteiger partial charge in [0.25, 0.3) is 5.91 Å². The highest BCUT2D eigenvalue weighted by Gasteiger charge is 2.30. The molecule has 24 heavy (non-hydrogen) atoms.